The van der Waals surface area contributed by atoms with E-state index in [4.69, 9.17) is 21.1 Å². The van der Waals surface area contributed by atoms with E-state index in [1.54, 1.807) is 18.2 Å². The summed E-state index contributed by atoms with van der Waals surface area (Å²) in [6.07, 6.45) is 1.05. The SMILES string of the molecule is COc1ccc(NC(=O)C2CCCN2S(=O)(=O)c2ccc(Cl)s2)c(OC)c1. The summed E-state index contributed by atoms with van der Waals surface area (Å²) in [6.45, 7) is 0.287. The minimum atomic E-state index is -3.78. The molecule has 3 rings (SSSR count). The number of benzene rings is 1. The van der Waals surface area contributed by atoms with Crippen molar-refractivity contribution in [3.05, 3.63) is 34.7 Å². The first kappa shape index (κ1) is 19.9. The molecule has 2 aromatic rings. The van der Waals surface area contributed by atoms with E-state index in [0.29, 0.717) is 34.4 Å². The number of nitrogens with one attached hydrogen (secondary N) is 1. The van der Waals surface area contributed by atoms with Gasteiger partial charge in [-0.25, -0.2) is 8.42 Å². The summed E-state index contributed by atoms with van der Waals surface area (Å²) in [4.78, 5) is 12.8. The molecule has 1 aliphatic heterocycles. The lowest BCUT2D eigenvalue weighted by Crippen LogP contribution is -2.42. The number of carbonyl (C=O) groups excluding carboxylic acids is 1. The molecule has 1 N–H and O–H groups in total. The van der Waals surface area contributed by atoms with Crippen LogP contribution in [-0.4, -0.2) is 45.4 Å². The van der Waals surface area contributed by atoms with Crippen molar-refractivity contribution >= 4 is 44.6 Å². The highest BCUT2D eigenvalue weighted by atomic mass is 35.5. The van der Waals surface area contributed by atoms with Crippen molar-refractivity contribution in [1.29, 1.82) is 0 Å². The van der Waals surface area contributed by atoms with Gasteiger partial charge in [0, 0.05) is 12.6 Å². The number of nitrogens with zero attached hydrogens (tertiary/aromatic N) is 1. The lowest BCUT2D eigenvalue weighted by Gasteiger charge is -2.23. The van der Waals surface area contributed by atoms with Crippen LogP contribution in [-0.2, 0) is 14.8 Å². The predicted octanol–water partition coefficient (Wildman–Crippen LogP) is 3.21. The number of carbonyl (C=O) groups is 1. The molecule has 1 unspecified atom stereocenters. The van der Waals surface area contributed by atoms with E-state index in [0.717, 1.165) is 11.3 Å². The molecule has 0 saturated carbocycles. The molecule has 1 saturated heterocycles. The maximum Gasteiger partial charge on any atom is 0.253 e. The third-order valence-electron chi connectivity index (χ3n) is 4.28. The minimum absolute atomic E-state index is 0.134. The van der Waals surface area contributed by atoms with Crippen molar-refractivity contribution in [2.45, 2.75) is 23.1 Å². The highest BCUT2D eigenvalue weighted by molar-refractivity contribution is 7.91. The van der Waals surface area contributed by atoms with E-state index in [9.17, 15) is 13.2 Å². The molecule has 0 aliphatic carbocycles. The third kappa shape index (κ3) is 4.06. The number of ether oxygens (including phenoxy) is 2. The average molecular weight is 431 g/mol. The Bertz CT molecular complexity index is 945. The van der Waals surface area contributed by atoms with Crippen LogP contribution in [0.1, 0.15) is 12.8 Å². The zero-order chi connectivity index (χ0) is 19.6. The molecule has 146 valence electrons. The standard InChI is InChI=1S/C17H19ClN2O5S2/c1-24-11-5-6-12(14(10-11)25-2)19-17(21)13-4-3-9-20(13)27(22,23)16-8-7-15(18)26-16/h5-8,10,13H,3-4,9H2,1-2H3,(H,19,21). The van der Waals surface area contributed by atoms with E-state index in [1.165, 1.54) is 30.7 Å². The van der Waals surface area contributed by atoms with Gasteiger partial charge in [0.2, 0.25) is 5.91 Å². The van der Waals surface area contributed by atoms with Gasteiger partial charge in [-0.3, -0.25) is 4.79 Å². The van der Waals surface area contributed by atoms with Gasteiger partial charge in [0.15, 0.2) is 0 Å². The smallest absolute Gasteiger partial charge is 0.253 e. The number of sulfonamides is 1. The first-order valence-corrected chi connectivity index (χ1v) is 10.8. The van der Waals surface area contributed by atoms with Gasteiger partial charge in [0.05, 0.1) is 24.2 Å². The largest absolute Gasteiger partial charge is 0.497 e. The summed E-state index contributed by atoms with van der Waals surface area (Å²) in [5.74, 6) is 0.617. The number of anilines is 1. The quantitative estimate of drug-likeness (QED) is 0.760. The van der Waals surface area contributed by atoms with Gasteiger partial charge >= 0.3 is 0 Å². The van der Waals surface area contributed by atoms with E-state index in [-0.39, 0.29) is 10.8 Å². The Labute approximate surface area is 166 Å². The second-order valence-electron chi connectivity index (χ2n) is 5.89. The van der Waals surface area contributed by atoms with Gasteiger partial charge in [-0.15, -0.1) is 11.3 Å². The predicted molar refractivity (Wildman–Crippen MR) is 104 cm³/mol. The molecule has 1 fully saturated rings. The molecule has 1 aromatic heterocycles. The number of hydrogen-bond donors (Lipinski definition) is 1. The molecule has 27 heavy (non-hydrogen) atoms. The number of thiophene rings is 1. The Hall–Kier alpha value is -1.81. The van der Waals surface area contributed by atoms with Crippen LogP contribution < -0.4 is 14.8 Å². The van der Waals surface area contributed by atoms with E-state index >= 15 is 0 Å². The molecule has 10 heteroatoms. The van der Waals surface area contributed by atoms with Crippen LogP contribution in [0, 0.1) is 0 Å². The van der Waals surface area contributed by atoms with Crippen molar-refractivity contribution in [2.75, 3.05) is 26.1 Å². The summed E-state index contributed by atoms with van der Waals surface area (Å²) in [5.41, 5.74) is 0.451. The number of amides is 1. The summed E-state index contributed by atoms with van der Waals surface area (Å²) in [7, 11) is -0.759. The van der Waals surface area contributed by atoms with E-state index in [2.05, 4.69) is 5.32 Å². The summed E-state index contributed by atoms with van der Waals surface area (Å²) < 4.78 is 37.9. The monoisotopic (exact) mass is 430 g/mol. The molecule has 1 atom stereocenters. The molecule has 0 radical (unpaired) electrons. The van der Waals surface area contributed by atoms with Crippen LogP contribution >= 0.6 is 22.9 Å². The number of methoxy groups -OCH3 is 2. The Balaban J connectivity index is 1.82. The van der Waals surface area contributed by atoms with Crippen molar-refractivity contribution in [3.63, 3.8) is 0 Å². The fourth-order valence-corrected chi connectivity index (χ4v) is 6.23. The number of hydrogen-bond acceptors (Lipinski definition) is 6. The van der Waals surface area contributed by atoms with Crippen LogP contribution in [0.15, 0.2) is 34.5 Å². The molecule has 7 nitrogen and oxygen atoms in total. The maximum absolute atomic E-state index is 12.9. The number of rotatable bonds is 6. The van der Waals surface area contributed by atoms with Crippen LogP contribution in [0.25, 0.3) is 0 Å². The molecule has 1 aliphatic rings. The first-order chi connectivity index (χ1) is 12.9. The van der Waals surface area contributed by atoms with E-state index < -0.39 is 22.0 Å². The Morgan fingerprint density at radius 2 is 2.04 bits per heavy atom. The zero-order valence-electron chi connectivity index (χ0n) is 14.8. The fourth-order valence-electron chi connectivity index (χ4n) is 2.96. The highest BCUT2D eigenvalue weighted by Gasteiger charge is 2.40. The van der Waals surface area contributed by atoms with Crippen molar-refractivity contribution in [3.8, 4) is 11.5 Å². The van der Waals surface area contributed by atoms with Crippen LogP contribution in [0.4, 0.5) is 5.69 Å². The van der Waals surface area contributed by atoms with Crippen molar-refractivity contribution < 1.29 is 22.7 Å². The van der Waals surface area contributed by atoms with Crippen LogP contribution in [0.3, 0.4) is 0 Å². The lowest BCUT2D eigenvalue weighted by molar-refractivity contribution is -0.119. The second kappa shape index (κ2) is 8.05. The van der Waals surface area contributed by atoms with Gasteiger partial charge in [-0.2, -0.15) is 4.31 Å². The van der Waals surface area contributed by atoms with Crippen LogP contribution in [0.2, 0.25) is 4.34 Å². The van der Waals surface area contributed by atoms with Gasteiger partial charge in [0.25, 0.3) is 10.0 Å². The highest BCUT2D eigenvalue weighted by Crippen LogP contribution is 2.34. The van der Waals surface area contributed by atoms with Crippen molar-refractivity contribution in [2.24, 2.45) is 0 Å². The van der Waals surface area contributed by atoms with Crippen LogP contribution in [0.5, 0.6) is 11.5 Å². The number of halogens is 1. The van der Waals surface area contributed by atoms with Gasteiger partial charge in [-0.1, -0.05) is 11.6 Å². The Morgan fingerprint density at radius 1 is 1.26 bits per heavy atom. The molecule has 1 amide bonds. The maximum atomic E-state index is 12.9. The first-order valence-electron chi connectivity index (χ1n) is 8.17. The van der Waals surface area contributed by atoms with Crippen molar-refractivity contribution in [1.82, 2.24) is 4.31 Å². The summed E-state index contributed by atoms with van der Waals surface area (Å²) in [5, 5.41) is 2.77. The average Bonchev–Trinajstić information content (AvgIpc) is 3.31. The lowest BCUT2D eigenvalue weighted by atomic mass is 10.2. The second-order valence-corrected chi connectivity index (χ2v) is 9.72. The van der Waals surface area contributed by atoms with Gasteiger partial charge < -0.3 is 14.8 Å². The molecule has 1 aromatic carbocycles. The molecule has 2 heterocycles. The van der Waals surface area contributed by atoms with Gasteiger partial charge in [0.1, 0.15) is 21.8 Å². The normalized spacial score (nSPS) is 17.7. The molecular weight excluding hydrogens is 412 g/mol. The summed E-state index contributed by atoms with van der Waals surface area (Å²) in [6, 6.07) is 7.20. The Kier molecular flexibility index (Phi) is 5.95. The molecular formula is C17H19ClN2O5S2. The minimum Gasteiger partial charge on any atom is -0.497 e. The topological polar surface area (TPSA) is 84.9 Å². The van der Waals surface area contributed by atoms with Gasteiger partial charge in [-0.05, 0) is 37.1 Å². The fraction of sp³-hybridized carbons (Fsp3) is 0.353. The summed E-state index contributed by atoms with van der Waals surface area (Å²) >= 11 is 6.85. The molecule has 0 spiro atoms. The van der Waals surface area contributed by atoms with E-state index in [1.807, 2.05) is 0 Å². The Morgan fingerprint density at radius 3 is 2.67 bits per heavy atom. The third-order valence-corrected chi connectivity index (χ3v) is 7.89. The zero-order valence-corrected chi connectivity index (χ0v) is 17.2. The molecule has 0 bridgehead atoms.